The highest BCUT2D eigenvalue weighted by Crippen LogP contribution is 2.25. The average Bonchev–Trinajstić information content (AvgIpc) is 2.12. The van der Waals surface area contributed by atoms with Crippen LogP contribution in [0.1, 0.15) is 0 Å². The van der Waals surface area contributed by atoms with Crippen LogP contribution in [0.15, 0.2) is 12.3 Å². The van der Waals surface area contributed by atoms with E-state index in [1.165, 1.54) is 12.3 Å². The molecule has 7 heteroatoms. The molecule has 0 aromatic carbocycles. The number of nitrogens with one attached hydrogen (secondary N) is 2. The van der Waals surface area contributed by atoms with E-state index in [9.17, 15) is 10.1 Å². The summed E-state index contributed by atoms with van der Waals surface area (Å²) in [6.45, 7) is 1.59. The molecule has 15 heavy (non-hydrogen) atoms. The third-order valence-electron chi connectivity index (χ3n) is 2.15. The van der Waals surface area contributed by atoms with Gasteiger partial charge in [-0.05, 0) is 0 Å². The molecule has 2 rings (SSSR count). The maximum Gasteiger partial charge on any atom is 0.312 e. The predicted octanol–water partition coefficient (Wildman–Crippen LogP) is 1.03. The summed E-state index contributed by atoms with van der Waals surface area (Å²) in [6.07, 6.45) is 1.39. The largest absolute Gasteiger partial charge is 0.359 e. The standard InChI is InChI=1S/C8H9ClN4O2/c9-5-1-7(13(14)15)8(11-2-5)12-6-3-10-4-6/h1-2,6,10H,3-4H2,(H,11,12). The normalized spacial score (nSPS) is 15.8. The first-order valence-corrected chi connectivity index (χ1v) is 4.82. The van der Waals surface area contributed by atoms with E-state index in [1.54, 1.807) is 0 Å². The van der Waals surface area contributed by atoms with E-state index in [0.29, 0.717) is 0 Å². The Morgan fingerprint density at radius 3 is 2.93 bits per heavy atom. The van der Waals surface area contributed by atoms with Crippen LogP contribution in [0.25, 0.3) is 0 Å². The minimum absolute atomic E-state index is 0.0885. The zero-order chi connectivity index (χ0) is 10.8. The van der Waals surface area contributed by atoms with Gasteiger partial charge in [0.15, 0.2) is 0 Å². The molecule has 1 aromatic heterocycles. The van der Waals surface area contributed by atoms with Crippen LogP contribution in [0, 0.1) is 10.1 Å². The first-order chi connectivity index (χ1) is 7.16. The van der Waals surface area contributed by atoms with E-state index < -0.39 is 4.92 Å². The Hall–Kier alpha value is -1.40. The number of nitrogens with zero attached hydrogens (tertiary/aromatic N) is 2. The van der Waals surface area contributed by atoms with Gasteiger partial charge in [0, 0.05) is 25.4 Å². The molecule has 1 aromatic rings. The molecule has 0 saturated carbocycles. The summed E-state index contributed by atoms with van der Waals surface area (Å²) in [6, 6.07) is 1.50. The number of aromatic nitrogens is 1. The van der Waals surface area contributed by atoms with Gasteiger partial charge in [-0.1, -0.05) is 11.6 Å². The van der Waals surface area contributed by atoms with Crippen LogP contribution in [-0.4, -0.2) is 29.0 Å². The lowest BCUT2D eigenvalue weighted by Gasteiger charge is -2.28. The molecule has 2 heterocycles. The molecule has 1 aliphatic heterocycles. The molecule has 0 unspecified atom stereocenters. The van der Waals surface area contributed by atoms with Crippen LogP contribution < -0.4 is 10.6 Å². The van der Waals surface area contributed by atoms with E-state index in [-0.39, 0.29) is 22.6 Å². The highest BCUT2D eigenvalue weighted by Gasteiger charge is 2.22. The smallest absolute Gasteiger partial charge is 0.312 e. The van der Waals surface area contributed by atoms with E-state index in [1.807, 2.05) is 0 Å². The van der Waals surface area contributed by atoms with Gasteiger partial charge < -0.3 is 10.6 Å². The van der Waals surface area contributed by atoms with Crippen LogP contribution >= 0.6 is 11.6 Å². The Morgan fingerprint density at radius 1 is 1.67 bits per heavy atom. The summed E-state index contributed by atoms with van der Waals surface area (Å²) in [5.74, 6) is 0.274. The number of nitro groups is 1. The number of pyridine rings is 1. The summed E-state index contributed by atoms with van der Waals surface area (Å²) >= 11 is 5.64. The maximum absolute atomic E-state index is 10.7. The molecule has 6 nitrogen and oxygen atoms in total. The van der Waals surface area contributed by atoms with Crippen molar-refractivity contribution >= 4 is 23.1 Å². The van der Waals surface area contributed by atoms with Gasteiger partial charge in [0.2, 0.25) is 5.82 Å². The average molecular weight is 229 g/mol. The van der Waals surface area contributed by atoms with Gasteiger partial charge in [-0.15, -0.1) is 0 Å². The summed E-state index contributed by atoms with van der Waals surface area (Å²) < 4.78 is 0. The van der Waals surface area contributed by atoms with Gasteiger partial charge in [-0.25, -0.2) is 4.98 Å². The number of rotatable bonds is 3. The van der Waals surface area contributed by atoms with Gasteiger partial charge >= 0.3 is 5.69 Å². The molecular formula is C8H9ClN4O2. The molecule has 0 radical (unpaired) electrons. The highest BCUT2D eigenvalue weighted by atomic mass is 35.5. The Balaban J connectivity index is 2.23. The molecule has 1 saturated heterocycles. The topological polar surface area (TPSA) is 80.1 Å². The molecule has 0 bridgehead atoms. The fourth-order valence-electron chi connectivity index (χ4n) is 1.26. The molecule has 0 aliphatic carbocycles. The van der Waals surface area contributed by atoms with Crippen molar-refractivity contribution in [3.05, 3.63) is 27.4 Å². The number of halogens is 1. The van der Waals surface area contributed by atoms with Crippen molar-refractivity contribution in [1.29, 1.82) is 0 Å². The zero-order valence-electron chi connectivity index (χ0n) is 7.74. The summed E-state index contributed by atoms with van der Waals surface area (Å²) in [7, 11) is 0. The van der Waals surface area contributed by atoms with Crippen molar-refractivity contribution < 1.29 is 4.92 Å². The molecule has 2 N–H and O–H groups in total. The molecule has 0 atom stereocenters. The van der Waals surface area contributed by atoms with Crippen molar-refractivity contribution in [1.82, 2.24) is 10.3 Å². The van der Waals surface area contributed by atoms with E-state index >= 15 is 0 Å². The second kappa shape index (κ2) is 4.00. The summed E-state index contributed by atoms with van der Waals surface area (Å²) in [4.78, 5) is 14.1. The molecular weight excluding hydrogens is 220 g/mol. The van der Waals surface area contributed by atoms with Gasteiger partial charge in [0.05, 0.1) is 16.0 Å². The van der Waals surface area contributed by atoms with Crippen LogP contribution in [-0.2, 0) is 0 Å². The Morgan fingerprint density at radius 2 is 2.40 bits per heavy atom. The lowest BCUT2D eigenvalue weighted by Crippen LogP contribution is -2.51. The highest BCUT2D eigenvalue weighted by molar-refractivity contribution is 6.30. The van der Waals surface area contributed by atoms with Gasteiger partial charge in [-0.2, -0.15) is 0 Å². The van der Waals surface area contributed by atoms with E-state index in [4.69, 9.17) is 11.6 Å². The first kappa shape index (κ1) is 10.1. The molecule has 1 fully saturated rings. The quantitative estimate of drug-likeness (QED) is 0.597. The van der Waals surface area contributed by atoms with E-state index in [0.717, 1.165) is 13.1 Å². The van der Waals surface area contributed by atoms with Crippen LogP contribution in [0.4, 0.5) is 11.5 Å². The zero-order valence-corrected chi connectivity index (χ0v) is 8.49. The van der Waals surface area contributed by atoms with Crippen LogP contribution in [0.3, 0.4) is 0 Å². The minimum Gasteiger partial charge on any atom is -0.359 e. The van der Waals surface area contributed by atoms with Crippen molar-refractivity contribution in [3.63, 3.8) is 0 Å². The lowest BCUT2D eigenvalue weighted by atomic mass is 10.2. The van der Waals surface area contributed by atoms with Crippen molar-refractivity contribution in [3.8, 4) is 0 Å². The van der Waals surface area contributed by atoms with Crippen LogP contribution in [0.5, 0.6) is 0 Å². The second-order valence-corrected chi connectivity index (χ2v) is 3.71. The SMILES string of the molecule is O=[N+]([O-])c1cc(Cl)cnc1NC1CNC1. The predicted molar refractivity (Wildman–Crippen MR) is 56.2 cm³/mol. The summed E-state index contributed by atoms with van der Waals surface area (Å²) in [5.41, 5.74) is -0.0885. The molecule has 0 spiro atoms. The molecule has 80 valence electrons. The van der Waals surface area contributed by atoms with Crippen molar-refractivity contribution in [2.45, 2.75) is 6.04 Å². The van der Waals surface area contributed by atoms with Crippen LogP contribution in [0.2, 0.25) is 5.02 Å². The molecule has 0 amide bonds. The maximum atomic E-state index is 10.7. The van der Waals surface area contributed by atoms with Crippen molar-refractivity contribution in [2.24, 2.45) is 0 Å². The lowest BCUT2D eigenvalue weighted by molar-refractivity contribution is -0.384. The monoisotopic (exact) mass is 228 g/mol. The Bertz CT molecular complexity index is 394. The van der Waals surface area contributed by atoms with Crippen molar-refractivity contribution in [2.75, 3.05) is 18.4 Å². The third kappa shape index (κ3) is 2.16. The fraction of sp³-hybridized carbons (Fsp3) is 0.375. The fourth-order valence-corrected chi connectivity index (χ4v) is 1.42. The minimum atomic E-state index is -0.493. The Kier molecular flexibility index (Phi) is 2.70. The second-order valence-electron chi connectivity index (χ2n) is 3.28. The van der Waals surface area contributed by atoms with Gasteiger partial charge in [0.25, 0.3) is 0 Å². The Labute approximate surface area is 90.8 Å². The molecule has 1 aliphatic rings. The number of anilines is 1. The number of hydrogen-bond donors (Lipinski definition) is 2. The van der Waals surface area contributed by atoms with Gasteiger partial charge in [-0.3, -0.25) is 10.1 Å². The first-order valence-electron chi connectivity index (χ1n) is 4.44. The third-order valence-corrected chi connectivity index (χ3v) is 2.36. The van der Waals surface area contributed by atoms with E-state index in [2.05, 4.69) is 15.6 Å². The number of hydrogen-bond acceptors (Lipinski definition) is 5. The van der Waals surface area contributed by atoms with Gasteiger partial charge in [0.1, 0.15) is 0 Å². The summed E-state index contributed by atoms with van der Waals surface area (Å²) in [5, 5.41) is 17.0.